The molecule has 0 fully saturated rings. The van der Waals surface area contributed by atoms with Crippen LogP contribution >= 0.6 is 23.2 Å². The van der Waals surface area contributed by atoms with Crippen molar-refractivity contribution in [3.8, 4) is 5.69 Å². The van der Waals surface area contributed by atoms with Crippen LogP contribution in [0.2, 0.25) is 10.0 Å². The van der Waals surface area contributed by atoms with Crippen LogP contribution < -0.4 is 5.32 Å². The number of nitrogens with zero attached hydrogens (tertiary/aromatic N) is 3. The van der Waals surface area contributed by atoms with Crippen LogP contribution in [0.3, 0.4) is 0 Å². The predicted octanol–water partition coefficient (Wildman–Crippen LogP) is 4.52. The van der Waals surface area contributed by atoms with E-state index in [0.29, 0.717) is 23.1 Å². The van der Waals surface area contributed by atoms with Crippen molar-refractivity contribution in [1.29, 1.82) is 0 Å². The summed E-state index contributed by atoms with van der Waals surface area (Å²) in [7, 11) is 1.75. The normalized spacial score (nSPS) is 10.6. The van der Waals surface area contributed by atoms with E-state index in [2.05, 4.69) is 10.4 Å². The summed E-state index contributed by atoms with van der Waals surface area (Å²) in [4.78, 5) is 13.9. The fraction of sp³-hybridized carbons (Fsp3) is 0.158. The molecule has 0 aliphatic rings. The first-order valence-corrected chi connectivity index (χ1v) is 8.80. The first-order valence-electron chi connectivity index (χ1n) is 8.04. The third-order valence-corrected chi connectivity index (χ3v) is 4.35. The second-order valence-corrected chi connectivity index (χ2v) is 6.78. The van der Waals surface area contributed by atoms with Crippen molar-refractivity contribution in [2.24, 2.45) is 0 Å². The highest BCUT2D eigenvalue weighted by molar-refractivity contribution is 6.30. The van der Waals surface area contributed by atoms with Crippen LogP contribution in [-0.4, -0.2) is 27.8 Å². The summed E-state index contributed by atoms with van der Waals surface area (Å²) in [6.45, 7) is 0.907. The topological polar surface area (TPSA) is 50.2 Å². The molecule has 0 radical (unpaired) electrons. The molecule has 0 saturated carbocycles. The Morgan fingerprint density at radius 3 is 2.31 bits per heavy atom. The summed E-state index contributed by atoms with van der Waals surface area (Å²) in [5, 5.41) is 8.56. The van der Waals surface area contributed by atoms with Gasteiger partial charge in [-0.25, -0.2) is 9.48 Å². The standard InChI is InChI=1S/C19H18Cl2N4O/c1-24(12-14-2-4-16(20)5-3-14)19(26)22-10-15-11-23-25(13-15)18-8-6-17(21)7-9-18/h2-9,11,13H,10,12H2,1H3,(H,22,26). The van der Waals surface area contributed by atoms with Crippen molar-refractivity contribution in [3.63, 3.8) is 0 Å². The highest BCUT2D eigenvalue weighted by atomic mass is 35.5. The number of hydrogen-bond acceptors (Lipinski definition) is 2. The number of hydrogen-bond donors (Lipinski definition) is 1. The summed E-state index contributed by atoms with van der Waals surface area (Å²) in [6.07, 6.45) is 3.61. The Morgan fingerprint density at radius 2 is 1.65 bits per heavy atom. The van der Waals surface area contributed by atoms with Crippen LogP contribution in [0, 0.1) is 0 Å². The van der Waals surface area contributed by atoms with Gasteiger partial charge in [-0.15, -0.1) is 0 Å². The molecule has 26 heavy (non-hydrogen) atoms. The summed E-state index contributed by atoms with van der Waals surface area (Å²) in [5.41, 5.74) is 2.84. The van der Waals surface area contributed by atoms with Crippen molar-refractivity contribution >= 4 is 29.2 Å². The average Bonchev–Trinajstić information content (AvgIpc) is 3.11. The molecule has 0 atom stereocenters. The Kier molecular flexibility index (Phi) is 5.81. The highest BCUT2D eigenvalue weighted by Crippen LogP contribution is 2.14. The number of carbonyl (C=O) groups is 1. The smallest absolute Gasteiger partial charge is 0.317 e. The molecule has 3 aromatic rings. The number of halogens is 2. The van der Waals surface area contributed by atoms with Crippen LogP contribution in [0.4, 0.5) is 4.79 Å². The summed E-state index contributed by atoms with van der Waals surface area (Å²) in [5.74, 6) is 0. The van der Waals surface area contributed by atoms with Gasteiger partial charge in [0.15, 0.2) is 0 Å². The zero-order valence-electron chi connectivity index (χ0n) is 14.2. The van der Waals surface area contributed by atoms with E-state index in [1.807, 2.05) is 54.7 Å². The van der Waals surface area contributed by atoms with Gasteiger partial charge in [0, 0.05) is 41.9 Å². The number of aromatic nitrogens is 2. The van der Waals surface area contributed by atoms with Gasteiger partial charge in [0.25, 0.3) is 0 Å². The molecule has 1 heterocycles. The lowest BCUT2D eigenvalue weighted by molar-refractivity contribution is 0.206. The second-order valence-electron chi connectivity index (χ2n) is 5.91. The Bertz CT molecular complexity index is 875. The van der Waals surface area contributed by atoms with Gasteiger partial charge >= 0.3 is 6.03 Å². The molecule has 0 aliphatic heterocycles. The van der Waals surface area contributed by atoms with Gasteiger partial charge in [0.1, 0.15) is 0 Å². The molecule has 0 unspecified atom stereocenters. The Hall–Kier alpha value is -2.50. The SMILES string of the molecule is CN(Cc1ccc(Cl)cc1)C(=O)NCc1cnn(-c2ccc(Cl)cc2)c1. The number of amides is 2. The van der Waals surface area contributed by atoms with Crippen molar-refractivity contribution in [1.82, 2.24) is 20.0 Å². The van der Waals surface area contributed by atoms with E-state index >= 15 is 0 Å². The highest BCUT2D eigenvalue weighted by Gasteiger charge is 2.09. The zero-order valence-corrected chi connectivity index (χ0v) is 15.7. The fourth-order valence-corrected chi connectivity index (χ4v) is 2.69. The molecular weight excluding hydrogens is 371 g/mol. The van der Waals surface area contributed by atoms with Gasteiger partial charge in [-0.1, -0.05) is 35.3 Å². The Labute approximate surface area is 162 Å². The van der Waals surface area contributed by atoms with E-state index in [1.54, 1.807) is 22.8 Å². The van der Waals surface area contributed by atoms with E-state index < -0.39 is 0 Å². The van der Waals surface area contributed by atoms with Gasteiger partial charge in [-0.3, -0.25) is 0 Å². The molecule has 3 rings (SSSR count). The van der Waals surface area contributed by atoms with E-state index in [0.717, 1.165) is 16.8 Å². The largest absolute Gasteiger partial charge is 0.334 e. The van der Waals surface area contributed by atoms with Crippen LogP contribution in [-0.2, 0) is 13.1 Å². The van der Waals surface area contributed by atoms with Crippen LogP contribution in [0.15, 0.2) is 60.9 Å². The minimum absolute atomic E-state index is 0.154. The third kappa shape index (κ3) is 4.77. The maximum Gasteiger partial charge on any atom is 0.317 e. The molecule has 1 N–H and O–H groups in total. The number of urea groups is 1. The van der Waals surface area contributed by atoms with Crippen molar-refractivity contribution < 1.29 is 4.79 Å². The maximum atomic E-state index is 12.2. The first-order chi connectivity index (χ1) is 12.5. The Morgan fingerprint density at radius 1 is 1.04 bits per heavy atom. The molecule has 0 aliphatic carbocycles. The first kappa shape index (κ1) is 18.3. The number of benzene rings is 2. The average molecular weight is 389 g/mol. The molecule has 7 heteroatoms. The number of rotatable bonds is 5. The van der Waals surface area contributed by atoms with E-state index in [9.17, 15) is 4.79 Å². The quantitative estimate of drug-likeness (QED) is 0.698. The third-order valence-electron chi connectivity index (χ3n) is 3.85. The molecule has 0 bridgehead atoms. The lowest BCUT2D eigenvalue weighted by Crippen LogP contribution is -2.36. The second kappa shape index (κ2) is 8.25. The van der Waals surface area contributed by atoms with Crippen LogP contribution in [0.5, 0.6) is 0 Å². The molecule has 134 valence electrons. The predicted molar refractivity (Wildman–Crippen MR) is 104 cm³/mol. The van der Waals surface area contributed by atoms with Gasteiger partial charge < -0.3 is 10.2 Å². The molecular formula is C19H18Cl2N4O. The molecule has 5 nitrogen and oxygen atoms in total. The summed E-state index contributed by atoms with van der Waals surface area (Å²) >= 11 is 11.8. The number of nitrogens with one attached hydrogen (secondary N) is 1. The maximum absolute atomic E-state index is 12.2. The van der Waals surface area contributed by atoms with Gasteiger partial charge in [0.05, 0.1) is 11.9 Å². The molecule has 2 aromatic carbocycles. The lowest BCUT2D eigenvalue weighted by atomic mass is 10.2. The zero-order chi connectivity index (χ0) is 18.5. The molecule has 1 aromatic heterocycles. The number of carbonyl (C=O) groups excluding carboxylic acids is 1. The van der Waals surface area contributed by atoms with Gasteiger partial charge in [-0.2, -0.15) is 5.10 Å². The van der Waals surface area contributed by atoms with Crippen LogP contribution in [0.1, 0.15) is 11.1 Å². The monoisotopic (exact) mass is 388 g/mol. The van der Waals surface area contributed by atoms with Crippen LogP contribution in [0.25, 0.3) is 5.69 Å². The molecule has 2 amide bonds. The van der Waals surface area contributed by atoms with Crippen molar-refractivity contribution in [2.75, 3.05) is 7.05 Å². The van der Waals surface area contributed by atoms with Gasteiger partial charge in [0.2, 0.25) is 0 Å². The molecule has 0 spiro atoms. The van der Waals surface area contributed by atoms with Gasteiger partial charge in [-0.05, 0) is 42.0 Å². The van der Waals surface area contributed by atoms with Crippen molar-refractivity contribution in [2.45, 2.75) is 13.1 Å². The van der Waals surface area contributed by atoms with E-state index in [1.165, 1.54) is 0 Å². The lowest BCUT2D eigenvalue weighted by Gasteiger charge is -2.17. The minimum atomic E-state index is -0.154. The van der Waals surface area contributed by atoms with Crippen molar-refractivity contribution in [3.05, 3.63) is 82.1 Å². The summed E-state index contributed by atoms with van der Waals surface area (Å²) < 4.78 is 1.75. The molecule has 0 saturated heterocycles. The minimum Gasteiger partial charge on any atom is -0.334 e. The van der Waals surface area contributed by atoms with E-state index in [4.69, 9.17) is 23.2 Å². The summed E-state index contributed by atoms with van der Waals surface area (Å²) in [6, 6.07) is 14.7. The van der Waals surface area contributed by atoms with E-state index in [-0.39, 0.29) is 6.03 Å². The fourth-order valence-electron chi connectivity index (χ4n) is 2.43. The Balaban J connectivity index is 1.54.